The van der Waals surface area contributed by atoms with Gasteiger partial charge in [-0.25, -0.2) is 13.2 Å². The minimum atomic E-state index is -3.79. The summed E-state index contributed by atoms with van der Waals surface area (Å²) < 4.78 is 32.7. The summed E-state index contributed by atoms with van der Waals surface area (Å²) in [6.07, 6.45) is 4.19. The molecule has 0 aliphatic carbocycles. The number of carbonyl (C=O) groups excluding carboxylic acids is 1. The van der Waals surface area contributed by atoms with Crippen LogP contribution in [0.5, 0.6) is 0 Å². The predicted octanol–water partition coefficient (Wildman–Crippen LogP) is 4.39. The molecule has 3 N–H and O–H groups in total. The number of hydrogen-bond acceptors (Lipinski definition) is 7. The van der Waals surface area contributed by atoms with Crippen molar-refractivity contribution in [2.75, 3.05) is 11.8 Å². The quantitative estimate of drug-likeness (QED) is 0.146. The van der Waals surface area contributed by atoms with E-state index in [4.69, 9.17) is 0 Å². The number of carbonyl (C=O) groups is 1. The van der Waals surface area contributed by atoms with Crippen molar-refractivity contribution in [2.45, 2.75) is 24.1 Å². The van der Waals surface area contributed by atoms with Crippen LogP contribution in [0, 0.1) is 0 Å². The number of hydrogen-bond donors (Lipinski definition) is 3. The molecule has 1 atom stereocenters. The normalized spacial score (nSPS) is 12.3. The van der Waals surface area contributed by atoms with Gasteiger partial charge in [-0.1, -0.05) is 60.7 Å². The van der Waals surface area contributed by atoms with Gasteiger partial charge in [0, 0.05) is 42.2 Å². The van der Waals surface area contributed by atoms with Crippen LogP contribution in [0.15, 0.2) is 108 Å². The lowest BCUT2D eigenvalue weighted by atomic mass is 10.1. The fourth-order valence-corrected chi connectivity index (χ4v) is 4.81. The molecule has 3 aromatic carbocycles. The Morgan fingerprint density at radius 2 is 1.64 bits per heavy atom. The van der Waals surface area contributed by atoms with Crippen LogP contribution in [0.2, 0.25) is 0 Å². The Labute approximate surface area is 228 Å². The molecule has 0 saturated heterocycles. The van der Waals surface area contributed by atoms with Crippen molar-refractivity contribution in [1.29, 1.82) is 0 Å². The second kappa shape index (κ2) is 13.0. The summed E-state index contributed by atoms with van der Waals surface area (Å²) in [5, 5.41) is 13.4. The highest BCUT2D eigenvalue weighted by Crippen LogP contribution is 2.23. The van der Waals surface area contributed by atoms with Gasteiger partial charge in [-0.15, -0.1) is 0 Å². The van der Waals surface area contributed by atoms with Crippen LogP contribution in [-0.2, 0) is 32.5 Å². The van der Waals surface area contributed by atoms with E-state index >= 15 is 0 Å². The van der Waals surface area contributed by atoms with Gasteiger partial charge in [0.25, 0.3) is 10.0 Å². The number of benzene rings is 3. The lowest BCUT2D eigenvalue weighted by molar-refractivity contribution is -0.134. The van der Waals surface area contributed by atoms with Gasteiger partial charge in [0.2, 0.25) is 0 Å². The van der Waals surface area contributed by atoms with E-state index in [9.17, 15) is 18.3 Å². The van der Waals surface area contributed by atoms with E-state index < -0.39 is 22.2 Å². The van der Waals surface area contributed by atoms with Gasteiger partial charge in [0.1, 0.15) is 6.23 Å². The highest BCUT2D eigenvalue weighted by atomic mass is 32.2. The molecule has 0 saturated carbocycles. The van der Waals surface area contributed by atoms with Crippen LogP contribution in [0.25, 0.3) is 17.2 Å². The Kier molecular flexibility index (Phi) is 9.22. The smallest absolute Gasteiger partial charge is 0.330 e. The first-order valence-electron chi connectivity index (χ1n) is 12.2. The van der Waals surface area contributed by atoms with E-state index in [-0.39, 0.29) is 4.90 Å². The van der Waals surface area contributed by atoms with Crippen molar-refractivity contribution >= 4 is 27.8 Å². The molecule has 0 aliphatic rings. The summed E-state index contributed by atoms with van der Waals surface area (Å²) in [5.74, 6) is -0.492. The fourth-order valence-electron chi connectivity index (χ4n) is 3.75. The molecule has 1 heterocycles. The third-order valence-electron chi connectivity index (χ3n) is 5.89. The molecule has 9 heteroatoms. The molecule has 0 spiro atoms. The summed E-state index contributed by atoms with van der Waals surface area (Å²) in [6, 6.07) is 26.8. The molecule has 8 nitrogen and oxygen atoms in total. The van der Waals surface area contributed by atoms with Gasteiger partial charge in [0.15, 0.2) is 0 Å². The van der Waals surface area contributed by atoms with Crippen LogP contribution in [-0.4, -0.2) is 37.8 Å². The monoisotopic (exact) mass is 543 g/mol. The van der Waals surface area contributed by atoms with E-state index in [2.05, 4.69) is 19.8 Å². The minimum absolute atomic E-state index is 0.0991. The summed E-state index contributed by atoms with van der Waals surface area (Å²) in [4.78, 5) is 15.8. The highest BCUT2D eigenvalue weighted by molar-refractivity contribution is 7.92. The maximum Gasteiger partial charge on any atom is 0.330 e. The van der Waals surface area contributed by atoms with Gasteiger partial charge in [-0.2, -0.15) is 0 Å². The Morgan fingerprint density at radius 1 is 0.949 bits per heavy atom. The molecule has 200 valence electrons. The molecule has 0 bridgehead atoms. The molecule has 1 aromatic heterocycles. The van der Waals surface area contributed by atoms with Crippen molar-refractivity contribution in [3.05, 3.63) is 120 Å². The average molecular weight is 544 g/mol. The van der Waals surface area contributed by atoms with Crippen LogP contribution >= 0.6 is 0 Å². The van der Waals surface area contributed by atoms with Crippen LogP contribution in [0.1, 0.15) is 16.8 Å². The second-order valence-electron chi connectivity index (χ2n) is 8.73. The molecule has 1 unspecified atom stereocenters. The molecule has 4 aromatic rings. The molecule has 0 radical (unpaired) electrons. The van der Waals surface area contributed by atoms with Gasteiger partial charge in [0.05, 0.1) is 12.0 Å². The number of anilines is 1. The Balaban J connectivity index is 1.33. The number of aliphatic hydroxyl groups is 1. The fraction of sp³-hybridized carbons (Fsp3) is 0.133. The van der Waals surface area contributed by atoms with Crippen LogP contribution in [0.4, 0.5) is 5.69 Å². The summed E-state index contributed by atoms with van der Waals surface area (Å²) >= 11 is 0. The first-order valence-corrected chi connectivity index (χ1v) is 13.7. The zero-order valence-corrected chi connectivity index (χ0v) is 22.1. The highest BCUT2D eigenvalue weighted by Gasteiger charge is 2.14. The maximum absolute atomic E-state index is 12.8. The molecule has 39 heavy (non-hydrogen) atoms. The van der Waals surface area contributed by atoms with Crippen LogP contribution in [0.3, 0.4) is 0 Å². The molecule has 0 amide bonds. The minimum Gasteiger partial charge on any atom is -0.466 e. The number of aliphatic hydroxyl groups excluding tert-OH is 1. The maximum atomic E-state index is 12.8. The van der Waals surface area contributed by atoms with E-state index in [0.717, 1.165) is 22.4 Å². The lowest BCUT2D eigenvalue weighted by Crippen LogP contribution is -2.30. The number of sulfonamides is 1. The molecule has 4 rings (SSSR count). The number of aromatic nitrogens is 1. The lowest BCUT2D eigenvalue weighted by Gasteiger charge is -2.13. The SMILES string of the molecule is COC(=O)/C=C/c1ccc(S(=O)(=O)Nc2ccc(-c3ccc(CC(O)NCc4ccccc4)nc3)cc2)cc1. The van der Waals surface area contributed by atoms with Crippen LogP contribution < -0.4 is 10.0 Å². The van der Waals surface area contributed by atoms with Gasteiger partial charge >= 0.3 is 5.97 Å². The molecular weight excluding hydrogens is 514 g/mol. The van der Waals surface area contributed by atoms with Gasteiger partial charge < -0.3 is 9.84 Å². The predicted molar refractivity (Wildman–Crippen MR) is 151 cm³/mol. The van der Waals surface area contributed by atoms with Crippen molar-refractivity contribution < 1.29 is 23.1 Å². The number of esters is 1. The third kappa shape index (κ3) is 8.08. The number of methoxy groups -OCH3 is 1. The first-order chi connectivity index (χ1) is 18.8. The molecule has 0 aliphatic heterocycles. The molecular formula is C30H29N3O5S. The number of ether oxygens (including phenoxy) is 1. The van der Waals surface area contributed by atoms with Crippen molar-refractivity contribution in [2.24, 2.45) is 0 Å². The van der Waals surface area contributed by atoms with E-state index in [1.807, 2.05) is 54.6 Å². The zero-order chi connectivity index (χ0) is 27.7. The standard InChI is InChI=1S/C30H29N3O5S/c1-38-30(35)18-9-22-7-16-28(17-8-22)39(36,37)33-26-13-10-24(11-14-26)25-12-15-27(31-21-25)19-29(34)32-20-23-5-3-2-4-6-23/h2-18,21,29,32-34H,19-20H2,1H3/b18-9+. The largest absolute Gasteiger partial charge is 0.466 e. The first kappa shape index (κ1) is 27.7. The summed E-state index contributed by atoms with van der Waals surface area (Å²) in [7, 11) is -2.51. The zero-order valence-electron chi connectivity index (χ0n) is 21.3. The second-order valence-corrected chi connectivity index (χ2v) is 10.4. The van der Waals surface area contributed by atoms with E-state index in [1.165, 1.54) is 25.3 Å². The number of pyridine rings is 1. The van der Waals surface area contributed by atoms with E-state index in [1.54, 1.807) is 36.5 Å². The summed E-state index contributed by atoms with van der Waals surface area (Å²) in [5.41, 5.74) is 4.68. The van der Waals surface area contributed by atoms with Gasteiger partial charge in [-0.05, 0) is 53.1 Å². The summed E-state index contributed by atoms with van der Waals surface area (Å²) in [6.45, 7) is 0.565. The van der Waals surface area contributed by atoms with E-state index in [0.29, 0.717) is 24.2 Å². The third-order valence-corrected chi connectivity index (χ3v) is 7.28. The number of rotatable bonds is 11. The Morgan fingerprint density at radius 3 is 2.28 bits per heavy atom. The van der Waals surface area contributed by atoms with Gasteiger partial charge in [-0.3, -0.25) is 15.0 Å². The van der Waals surface area contributed by atoms with Crippen molar-refractivity contribution in [3.63, 3.8) is 0 Å². The van der Waals surface area contributed by atoms with Crippen molar-refractivity contribution in [3.8, 4) is 11.1 Å². The Bertz CT molecular complexity index is 1500. The molecule has 0 fully saturated rings. The number of nitrogens with zero attached hydrogens (tertiary/aromatic N) is 1. The average Bonchev–Trinajstić information content (AvgIpc) is 2.96. The topological polar surface area (TPSA) is 118 Å². The number of nitrogens with one attached hydrogen (secondary N) is 2. The Hall–Kier alpha value is -4.31. The van der Waals surface area contributed by atoms with Crippen molar-refractivity contribution in [1.82, 2.24) is 10.3 Å².